The highest BCUT2D eigenvalue weighted by Crippen LogP contribution is 2.29. The van der Waals surface area contributed by atoms with Crippen LogP contribution in [0.5, 0.6) is 0 Å². The maximum Gasteiger partial charge on any atom is 0.410 e. The zero-order chi connectivity index (χ0) is 18.8. The topological polar surface area (TPSA) is 29.5 Å². The van der Waals surface area contributed by atoms with Crippen molar-refractivity contribution in [2.24, 2.45) is 0 Å². The van der Waals surface area contributed by atoms with Crippen LogP contribution in [0.15, 0.2) is 77.8 Å². The third-order valence-electron chi connectivity index (χ3n) is 4.31. The Labute approximate surface area is 164 Å². The van der Waals surface area contributed by atoms with Gasteiger partial charge < -0.3 is 9.64 Å². The van der Waals surface area contributed by atoms with E-state index in [0.717, 1.165) is 35.8 Å². The van der Waals surface area contributed by atoms with Gasteiger partial charge in [0.2, 0.25) is 0 Å². The molecule has 0 N–H and O–H groups in total. The summed E-state index contributed by atoms with van der Waals surface area (Å²) in [5.41, 5.74) is 1.15. The van der Waals surface area contributed by atoms with Crippen LogP contribution in [0.4, 0.5) is 4.79 Å². The minimum atomic E-state index is -0.210. The van der Waals surface area contributed by atoms with Crippen LogP contribution < -0.4 is 0 Å². The summed E-state index contributed by atoms with van der Waals surface area (Å²) in [6.07, 6.45) is 4.05. The first-order chi connectivity index (χ1) is 12.7. The average molecular weight is 416 g/mol. The summed E-state index contributed by atoms with van der Waals surface area (Å²) in [5.74, 6) is 0. The van der Waals surface area contributed by atoms with Gasteiger partial charge in [-0.1, -0.05) is 77.5 Å². The molecule has 3 rings (SSSR count). The van der Waals surface area contributed by atoms with E-state index in [-0.39, 0.29) is 18.2 Å². The Morgan fingerprint density at radius 2 is 1.77 bits per heavy atom. The summed E-state index contributed by atoms with van der Waals surface area (Å²) < 4.78 is 6.52. The Balaban J connectivity index is 0.000000342. The predicted molar refractivity (Wildman–Crippen MR) is 110 cm³/mol. The normalized spacial score (nSPS) is 17.5. The van der Waals surface area contributed by atoms with E-state index in [4.69, 9.17) is 4.74 Å². The lowest BCUT2D eigenvalue weighted by molar-refractivity contribution is 0.0115. The van der Waals surface area contributed by atoms with Gasteiger partial charge in [0, 0.05) is 23.9 Å². The average Bonchev–Trinajstić information content (AvgIpc) is 2.67. The predicted octanol–water partition coefficient (Wildman–Crippen LogP) is 6.37. The number of halogens is 1. The molecule has 1 saturated heterocycles. The monoisotopic (exact) mass is 415 g/mol. The molecule has 2 unspecified atom stereocenters. The molecular weight excluding hydrogens is 390 g/mol. The lowest BCUT2D eigenvalue weighted by atomic mass is 10.0. The van der Waals surface area contributed by atoms with E-state index in [1.54, 1.807) is 6.08 Å². The van der Waals surface area contributed by atoms with Crippen LogP contribution in [-0.2, 0) is 4.74 Å². The molecule has 1 aliphatic heterocycles. The van der Waals surface area contributed by atoms with E-state index in [9.17, 15) is 4.79 Å². The molecule has 1 amide bonds. The molecular formula is C22H26BrNO2. The van der Waals surface area contributed by atoms with Crippen LogP contribution in [0.25, 0.3) is 0 Å². The van der Waals surface area contributed by atoms with Crippen LogP contribution in [0.2, 0.25) is 0 Å². The van der Waals surface area contributed by atoms with E-state index < -0.39 is 0 Å². The van der Waals surface area contributed by atoms with Gasteiger partial charge in [-0.3, -0.25) is 0 Å². The van der Waals surface area contributed by atoms with Crippen molar-refractivity contribution in [3.8, 4) is 0 Å². The molecule has 0 aromatic heterocycles. The van der Waals surface area contributed by atoms with Crippen molar-refractivity contribution in [1.82, 2.24) is 4.90 Å². The first-order valence-corrected chi connectivity index (χ1v) is 9.78. The number of benzene rings is 2. The van der Waals surface area contributed by atoms with Gasteiger partial charge >= 0.3 is 6.09 Å². The third kappa shape index (κ3) is 6.03. The second-order valence-corrected chi connectivity index (χ2v) is 7.06. The highest BCUT2D eigenvalue weighted by atomic mass is 79.9. The lowest BCUT2D eigenvalue weighted by Crippen LogP contribution is -2.43. The van der Waals surface area contributed by atoms with Crippen LogP contribution in [0, 0.1) is 0 Å². The molecule has 2 aromatic carbocycles. The third-order valence-corrected chi connectivity index (χ3v) is 4.84. The number of hydrogen-bond acceptors (Lipinski definition) is 2. The van der Waals surface area contributed by atoms with Gasteiger partial charge in [0.05, 0.1) is 6.04 Å². The van der Waals surface area contributed by atoms with Crippen molar-refractivity contribution < 1.29 is 9.53 Å². The number of carbonyl (C=O) groups excluding carboxylic acids is 1. The van der Waals surface area contributed by atoms with Crippen LogP contribution in [0.1, 0.15) is 37.8 Å². The Kier molecular flexibility index (Phi) is 8.42. The van der Waals surface area contributed by atoms with Crippen LogP contribution in [-0.4, -0.2) is 23.6 Å². The summed E-state index contributed by atoms with van der Waals surface area (Å²) in [6, 6.07) is 20.2. The van der Waals surface area contributed by atoms with Gasteiger partial charge in [-0.2, -0.15) is 0 Å². The minimum absolute atomic E-state index is 0.0151. The van der Waals surface area contributed by atoms with Crippen molar-refractivity contribution in [2.75, 3.05) is 6.54 Å². The molecule has 138 valence electrons. The molecule has 2 aromatic rings. The van der Waals surface area contributed by atoms with Gasteiger partial charge in [-0.25, -0.2) is 4.79 Å². The fourth-order valence-corrected chi connectivity index (χ4v) is 3.25. The SMILES string of the molecule is C=CCC1CCN(C(CC)c2ccc(Br)cc2)C(=O)O1.c1ccccc1. The number of rotatable bonds is 5. The maximum atomic E-state index is 12.2. The number of cyclic esters (lactones) is 1. The van der Waals surface area contributed by atoms with E-state index in [2.05, 4.69) is 41.6 Å². The van der Waals surface area contributed by atoms with Gasteiger partial charge in [0.1, 0.15) is 6.10 Å². The first-order valence-electron chi connectivity index (χ1n) is 8.99. The minimum Gasteiger partial charge on any atom is -0.446 e. The standard InChI is InChI=1S/C16H20BrNO2.C6H6/c1-3-5-14-10-11-18(16(19)20-14)15(4-2)12-6-8-13(17)9-7-12;1-2-4-6-5-3-1/h3,6-9,14-15H,1,4-5,10-11H2,2H3;1-6H. The van der Waals surface area contributed by atoms with Crippen molar-refractivity contribution in [3.05, 3.63) is 83.4 Å². The van der Waals surface area contributed by atoms with Gasteiger partial charge in [-0.05, 0) is 24.1 Å². The molecule has 4 heteroatoms. The second-order valence-electron chi connectivity index (χ2n) is 6.14. The maximum absolute atomic E-state index is 12.2. The number of carbonyl (C=O) groups is 1. The summed E-state index contributed by atoms with van der Waals surface area (Å²) in [6.45, 7) is 6.53. The summed E-state index contributed by atoms with van der Waals surface area (Å²) >= 11 is 3.43. The molecule has 2 atom stereocenters. The van der Waals surface area contributed by atoms with E-state index in [0.29, 0.717) is 0 Å². The highest BCUT2D eigenvalue weighted by Gasteiger charge is 2.31. The fourth-order valence-electron chi connectivity index (χ4n) is 2.98. The van der Waals surface area contributed by atoms with Crippen LogP contribution in [0.3, 0.4) is 0 Å². The van der Waals surface area contributed by atoms with E-state index in [1.807, 2.05) is 53.4 Å². The molecule has 1 heterocycles. The summed E-state index contributed by atoms with van der Waals surface area (Å²) in [7, 11) is 0. The molecule has 0 bridgehead atoms. The van der Waals surface area contributed by atoms with Gasteiger partial charge in [0.15, 0.2) is 0 Å². The smallest absolute Gasteiger partial charge is 0.410 e. The zero-order valence-electron chi connectivity index (χ0n) is 15.2. The zero-order valence-corrected chi connectivity index (χ0v) is 16.8. The molecule has 0 saturated carbocycles. The largest absolute Gasteiger partial charge is 0.446 e. The molecule has 1 aliphatic rings. The number of nitrogens with zero attached hydrogens (tertiary/aromatic N) is 1. The lowest BCUT2D eigenvalue weighted by Gasteiger charge is -2.36. The molecule has 1 fully saturated rings. The fraction of sp³-hybridized carbons (Fsp3) is 0.318. The van der Waals surface area contributed by atoms with Crippen LogP contribution >= 0.6 is 15.9 Å². The number of amides is 1. The van der Waals surface area contributed by atoms with Crippen molar-refractivity contribution in [3.63, 3.8) is 0 Å². The van der Waals surface area contributed by atoms with Gasteiger partial charge in [0.25, 0.3) is 0 Å². The Morgan fingerprint density at radius 3 is 2.23 bits per heavy atom. The highest BCUT2D eigenvalue weighted by molar-refractivity contribution is 9.10. The van der Waals surface area contributed by atoms with Crippen molar-refractivity contribution in [2.45, 2.75) is 38.3 Å². The van der Waals surface area contributed by atoms with Crippen molar-refractivity contribution in [1.29, 1.82) is 0 Å². The van der Waals surface area contributed by atoms with Crippen molar-refractivity contribution >= 4 is 22.0 Å². The Bertz CT molecular complexity index is 646. The quantitative estimate of drug-likeness (QED) is 0.530. The van der Waals surface area contributed by atoms with E-state index in [1.165, 1.54) is 0 Å². The Hall–Kier alpha value is -2.07. The van der Waals surface area contributed by atoms with Gasteiger partial charge in [-0.15, -0.1) is 6.58 Å². The molecule has 0 radical (unpaired) electrons. The molecule has 3 nitrogen and oxygen atoms in total. The Morgan fingerprint density at radius 1 is 1.19 bits per heavy atom. The number of hydrogen-bond donors (Lipinski definition) is 0. The number of ether oxygens (including phenoxy) is 1. The second kappa shape index (κ2) is 10.8. The molecule has 0 aliphatic carbocycles. The molecule has 26 heavy (non-hydrogen) atoms. The molecule has 0 spiro atoms. The van der Waals surface area contributed by atoms with E-state index >= 15 is 0 Å². The summed E-state index contributed by atoms with van der Waals surface area (Å²) in [5, 5.41) is 0. The first kappa shape index (κ1) is 20.2. The summed E-state index contributed by atoms with van der Waals surface area (Å²) in [4.78, 5) is 14.0.